The Bertz CT molecular complexity index is 676. The van der Waals surface area contributed by atoms with Gasteiger partial charge >= 0.3 is 0 Å². The van der Waals surface area contributed by atoms with E-state index in [0.717, 1.165) is 41.4 Å². The third-order valence-corrected chi connectivity index (χ3v) is 5.13. The normalized spacial score (nSPS) is 12.4. The Balaban J connectivity index is 2.14. The minimum atomic E-state index is 0.0234. The molecule has 4 heteroatoms. The number of hydrogen-bond acceptors (Lipinski definition) is 2. The summed E-state index contributed by atoms with van der Waals surface area (Å²) < 4.78 is 2.39. The van der Waals surface area contributed by atoms with Crippen LogP contribution in [-0.4, -0.2) is 34.1 Å². The zero-order chi connectivity index (χ0) is 19.2. The molecule has 0 fully saturated rings. The van der Waals surface area contributed by atoms with Crippen molar-refractivity contribution >= 4 is 22.6 Å². The first-order valence-electron chi connectivity index (χ1n) is 10.3. The van der Waals surface area contributed by atoms with Gasteiger partial charge in [-0.05, 0) is 57.1 Å². The molecule has 0 amide bonds. The number of rotatable bonds is 10. The molecule has 0 saturated carbocycles. The second-order valence-corrected chi connectivity index (χ2v) is 8.81. The third kappa shape index (κ3) is 5.72. The van der Waals surface area contributed by atoms with Crippen LogP contribution in [0.15, 0.2) is 18.2 Å². The fourth-order valence-electron chi connectivity index (χ4n) is 3.45. The first-order chi connectivity index (χ1) is 12.4. The lowest BCUT2D eigenvalue weighted by molar-refractivity contribution is 0.256. The molecule has 0 bridgehead atoms. The zero-order valence-corrected chi connectivity index (χ0v) is 18.1. The molecule has 2 rings (SSSR count). The van der Waals surface area contributed by atoms with Gasteiger partial charge in [0.1, 0.15) is 5.82 Å². The summed E-state index contributed by atoms with van der Waals surface area (Å²) in [5.41, 5.74) is 2.24. The van der Waals surface area contributed by atoms with Crippen LogP contribution in [0.1, 0.15) is 72.5 Å². The third-order valence-electron chi connectivity index (χ3n) is 4.89. The Morgan fingerprint density at radius 1 is 1.00 bits per heavy atom. The van der Waals surface area contributed by atoms with Gasteiger partial charge in [-0.3, -0.25) is 0 Å². The molecule has 0 atom stereocenters. The predicted octanol–water partition coefficient (Wildman–Crippen LogP) is 6.28. The van der Waals surface area contributed by atoms with Crippen LogP contribution in [0.5, 0.6) is 0 Å². The molecule has 3 nitrogen and oxygen atoms in total. The lowest BCUT2D eigenvalue weighted by atomic mass is 9.95. The van der Waals surface area contributed by atoms with Crippen LogP contribution in [0.4, 0.5) is 0 Å². The van der Waals surface area contributed by atoms with Gasteiger partial charge in [-0.2, -0.15) is 0 Å². The van der Waals surface area contributed by atoms with Crippen LogP contribution in [-0.2, 0) is 12.0 Å². The van der Waals surface area contributed by atoms with Crippen molar-refractivity contribution < 1.29 is 0 Å². The first kappa shape index (κ1) is 21.2. The Labute approximate surface area is 164 Å². The molecule has 1 aromatic heterocycles. The SMILES string of the molecule is CCCCN(CCCC)CCCn1c(C(C)(C)C)nc2ccc(Cl)cc21. The number of imidazole rings is 1. The second kappa shape index (κ2) is 9.75. The molecule has 0 aliphatic rings. The monoisotopic (exact) mass is 377 g/mol. The Morgan fingerprint density at radius 3 is 2.19 bits per heavy atom. The van der Waals surface area contributed by atoms with Crippen molar-refractivity contribution in [1.82, 2.24) is 14.5 Å². The van der Waals surface area contributed by atoms with Gasteiger partial charge < -0.3 is 9.47 Å². The number of hydrogen-bond donors (Lipinski definition) is 0. The van der Waals surface area contributed by atoms with E-state index in [2.05, 4.69) is 50.2 Å². The van der Waals surface area contributed by atoms with E-state index in [1.54, 1.807) is 0 Å². The van der Waals surface area contributed by atoms with E-state index < -0.39 is 0 Å². The van der Waals surface area contributed by atoms with Crippen molar-refractivity contribution in [2.75, 3.05) is 19.6 Å². The average molecular weight is 378 g/mol. The molecular formula is C22H36ClN3. The van der Waals surface area contributed by atoms with Gasteiger partial charge in [0, 0.05) is 17.0 Å². The second-order valence-electron chi connectivity index (χ2n) is 8.37. The molecule has 2 aromatic rings. The van der Waals surface area contributed by atoms with Gasteiger partial charge in [0.05, 0.1) is 11.0 Å². The summed E-state index contributed by atoms with van der Waals surface area (Å²) in [7, 11) is 0. The van der Waals surface area contributed by atoms with Crippen molar-refractivity contribution in [3.8, 4) is 0 Å². The van der Waals surface area contributed by atoms with E-state index in [1.165, 1.54) is 38.8 Å². The number of benzene rings is 1. The highest BCUT2D eigenvalue weighted by molar-refractivity contribution is 6.31. The number of fused-ring (bicyclic) bond motifs is 1. The van der Waals surface area contributed by atoms with E-state index in [-0.39, 0.29) is 5.41 Å². The van der Waals surface area contributed by atoms with Crippen molar-refractivity contribution in [2.24, 2.45) is 0 Å². The van der Waals surface area contributed by atoms with Crippen molar-refractivity contribution in [2.45, 2.75) is 78.7 Å². The Morgan fingerprint density at radius 2 is 1.62 bits per heavy atom. The maximum absolute atomic E-state index is 6.26. The lowest BCUT2D eigenvalue weighted by Gasteiger charge is -2.24. The Kier molecular flexibility index (Phi) is 7.97. The molecule has 26 heavy (non-hydrogen) atoms. The van der Waals surface area contributed by atoms with Crippen molar-refractivity contribution in [3.63, 3.8) is 0 Å². The van der Waals surface area contributed by atoms with E-state index in [4.69, 9.17) is 16.6 Å². The summed E-state index contributed by atoms with van der Waals surface area (Å²) in [6.07, 6.45) is 6.26. The van der Waals surface area contributed by atoms with E-state index in [9.17, 15) is 0 Å². The Hall–Kier alpha value is -1.06. The fourth-order valence-corrected chi connectivity index (χ4v) is 3.61. The number of halogens is 1. The highest BCUT2D eigenvalue weighted by Gasteiger charge is 2.23. The van der Waals surface area contributed by atoms with E-state index >= 15 is 0 Å². The molecule has 1 aromatic carbocycles. The largest absolute Gasteiger partial charge is 0.327 e. The smallest absolute Gasteiger partial charge is 0.115 e. The average Bonchev–Trinajstić information content (AvgIpc) is 2.95. The van der Waals surface area contributed by atoms with Gasteiger partial charge in [-0.1, -0.05) is 59.1 Å². The van der Waals surface area contributed by atoms with Crippen LogP contribution in [0.3, 0.4) is 0 Å². The number of aryl methyl sites for hydroxylation is 1. The van der Waals surface area contributed by atoms with Crippen LogP contribution in [0.25, 0.3) is 11.0 Å². The summed E-state index contributed by atoms with van der Waals surface area (Å²) in [6.45, 7) is 15.9. The van der Waals surface area contributed by atoms with Gasteiger partial charge in [0.2, 0.25) is 0 Å². The van der Waals surface area contributed by atoms with Gasteiger partial charge in [0.15, 0.2) is 0 Å². The number of unbranched alkanes of at least 4 members (excludes halogenated alkanes) is 2. The summed E-state index contributed by atoms with van der Waals surface area (Å²) in [5, 5.41) is 0.784. The van der Waals surface area contributed by atoms with Crippen LogP contribution in [0, 0.1) is 0 Å². The highest BCUT2D eigenvalue weighted by Crippen LogP contribution is 2.28. The molecule has 0 spiro atoms. The van der Waals surface area contributed by atoms with Crippen molar-refractivity contribution in [1.29, 1.82) is 0 Å². The molecule has 1 heterocycles. The first-order valence-corrected chi connectivity index (χ1v) is 10.6. The maximum Gasteiger partial charge on any atom is 0.115 e. The summed E-state index contributed by atoms with van der Waals surface area (Å²) in [5.74, 6) is 1.16. The number of nitrogens with zero attached hydrogens (tertiary/aromatic N) is 3. The molecule has 0 N–H and O–H groups in total. The minimum absolute atomic E-state index is 0.0234. The molecule has 0 aliphatic heterocycles. The molecule has 0 saturated heterocycles. The standard InChI is InChI=1S/C22H36ClN3/c1-6-8-13-25(14-9-7-2)15-10-16-26-20-17-18(23)11-12-19(20)24-21(26)22(3,4)5/h11-12,17H,6-10,13-16H2,1-5H3. The summed E-state index contributed by atoms with van der Waals surface area (Å²) in [6, 6.07) is 6.04. The quantitative estimate of drug-likeness (QED) is 0.485. The maximum atomic E-state index is 6.26. The highest BCUT2D eigenvalue weighted by atomic mass is 35.5. The van der Waals surface area contributed by atoms with E-state index in [1.807, 2.05) is 12.1 Å². The van der Waals surface area contributed by atoms with Gasteiger partial charge in [-0.25, -0.2) is 4.98 Å². The minimum Gasteiger partial charge on any atom is -0.327 e. The zero-order valence-electron chi connectivity index (χ0n) is 17.3. The summed E-state index contributed by atoms with van der Waals surface area (Å²) >= 11 is 6.26. The topological polar surface area (TPSA) is 21.1 Å². The van der Waals surface area contributed by atoms with Crippen molar-refractivity contribution in [3.05, 3.63) is 29.0 Å². The van der Waals surface area contributed by atoms with Gasteiger partial charge in [0.25, 0.3) is 0 Å². The predicted molar refractivity (Wildman–Crippen MR) is 114 cm³/mol. The molecule has 0 radical (unpaired) electrons. The van der Waals surface area contributed by atoms with Gasteiger partial charge in [-0.15, -0.1) is 0 Å². The van der Waals surface area contributed by atoms with Crippen LogP contribution >= 0.6 is 11.6 Å². The van der Waals surface area contributed by atoms with Crippen LogP contribution < -0.4 is 0 Å². The lowest BCUT2D eigenvalue weighted by Crippen LogP contribution is -2.28. The van der Waals surface area contributed by atoms with E-state index in [0.29, 0.717) is 0 Å². The van der Waals surface area contributed by atoms with Crippen LogP contribution in [0.2, 0.25) is 5.02 Å². The fraction of sp³-hybridized carbons (Fsp3) is 0.682. The molecule has 0 unspecified atom stereocenters. The molecule has 146 valence electrons. The molecule has 0 aliphatic carbocycles. The summed E-state index contributed by atoms with van der Waals surface area (Å²) in [4.78, 5) is 7.55. The number of aromatic nitrogens is 2. The molecular weight excluding hydrogens is 342 g/mol.